The van der Waals surface area contributed by atoms with Crippen LogP contribution < -0.4 is 10.8 Å². The molecule has 1 aromatic heterocycles. The quantitative estimate of drug-likeness (QED) is 0.221. The van der Waals surface area contributed by atoms with Crippen molar-refractivity contribution in [3.05, 3.63) is 76.5 Å². The molecule has 2 aromatic carbocycles. The molecule has 5 nitrogen and oxygen atoms in total. The highest BCUT2D eigenvalue weighted by Crippen LogP contribution is 2.30. The first-order valence-corrected chi connectivity index (χ1v) is 9.77. The van der Waals surface area contributed by atoms with Gasteiger partial charge in [-0.2, -0.15) is 0 Å². The Balaban J connectivity index is 1.27. The zero-order chi connectivity index (χ0) is 19.3. The molecule has 28 heavy (non-hydrogen) atoms. The zero-order valence-electron chi connectivity index (χ0n) is 15.8. The van der Waals surface area contributed by atoms with E-state index < -0.39 is 5.91 Å². The highest BCUT2D eigenvalue weighted by molar-refractivity contribution is 5.90. The number of nitrogens with one attached hydrogen (secondary N) is 3. The lowest BCUT2D eigenvalue weighted by atomic mass is 10.1. The van der Waals surface area contributed by atoms with Gasteiger partial charge in [-0.1, -0.05) is 36.4 Å². The van der Waals surface area contributed by atoms with Gasteiger partial charge < -0.3 is 10.3 Å². The van der Waals surface area contributed by atoms with Gasteiger partial charge >= 0.3 is 0 Å². The van der Waals surface area contributed by atoms with Crippen molar-refractivity contribution in [2.45, 2.75) is 32.2 Å². The number of hydrogen-bond acceptors (Lipinski definition) is 3. The monoisotopic (exact) mass is 375 g/mol. The third-order valence-electron chi connectivity index (χ3n) is 5.35. The first-order valence-electron chi connectivity index (χ1n) is 9.77. The number of H-pyrrole nitrogens is 1. The van der Waals surface area contributed by atoms with Gasteiger partial charge in [0, 0.05) is 29.2 Å². The minimum absolute atomic E-state index is 0.534. The minimum Gasteiger partial charge on any atom is -0.358 e. The molecule has 0 unspecified atom stereocenters. The Morgan fingerprint density at radius 2 is 1.93 bits per heavy atom. The molecule has 4 N–H and O–H groups in total. The van der Waals surface area contributed by atoms with E-state index in [9.17, 15) is 4.79 Å². The predicted molar refractivity (Wildman–Crippen MR) is 111 cm³/mol. The number of fused-ring (bicyclic) bond motifs is 3. The van der Waals surface area contributed by atoms with Crippen molar-refractivity contribution in [3.8, 4) is 0 Å². The van der Waals surface area contributed by atoms with Crippen LogP contribution in [0.3, 0.4) is 0 Å². The lowest BCUT2D eigenvalue weighted by Gasteiger charge is -2.06. The summed E-state index contributed by atoms with van der Waals surface area (Å²) in [5.74, 6) is -0.534. The number of aromatic nitrogens is 1. The normalized spacial score (nSPS) is 13.3. The molecule has 3 aromatic rings. The molecule has 0 atom stereocenters. The second kappa shape index (κ2) is 8.42. The third-order valence-corrected chi connectivity index (χ3v) is 5.35. The van der Waals surface area contributed by atoms with Gasteiger partial charge in [-0.05, 0) is 66.6 Å². The minimum atomic E-state index is -0.534. The average molecular weight is 375 g/mol. The molecule has 0 saturated carbocycles. The van der Waals surface area contributed by atoms with Crippen molar-refractivity contribution in [2.75, 3.05) is 6.54 Å². The van der Waals surface area contributed by atoms with Crippen molar-refractivity contribution in [1.29, 1.82) is 0 Å². The van der Waals surface area contributed by atoms with Gasteiger partial charge in [-0.3, -0.25) is 10.0 Å². The summed E-state index contributed by atoms with van der Waals surface area (Å²) in [4.78, 5) is 14.6. The van der Waals surface area contributed by atoms with Gasteiger partial charge in [0.15, 0.2) is 0 Å². The fourth-order valence-corrected chi connectivity index (χ4v) is 3.88. The Kier molecular flexibility index (Phi) is 5.55. The number of benzene rings is 2. The maximum Gasteiger partial charge on any atom is 0.267 e. The SMILES string of the molecule is O=C(/C=C/c1ccc(CNCCc2ccc3c4c([nH]c3c2)CCC4)cc1)NO. The van der Waals surface area contributed by atoms with Crippen molar-refractivity contribution in [3.63, 3.8) is 0 Å². The van der Waals surface area contributed by atoms with Crippen molar-refractivity contribution < 1.29 is 10.0 Å². The van der Waals surface area contributed by atoms with Gasteiger partial charge in [0.1, 0.15) is 0 Å². The molecule has 0 radical (unpaired) electrons. The van der Waals surface area contributed by atoms with Crippen LogP contribution in [-0.2, 0) is 30.6 Å². The number of rotatable bonds is 7. The summed E-state index contributed by atoms with van der Waals surface area (Å²) in [7, 11) is 0. The van der Waals surface area contributed by atoms with Gasteiger partial charge in [0.05, 0.1) is 0 Å². The number of aryl methyl sites for hydroxylation is 2. The number of aromatic amines is 1. The Labute approximate surface area is 164 Å². The molecule has 0 aliphatic heterocycles. The molecule has 4 rings (SSSR count). The number of hydrogen-bond donors (Lipinski definition) is 4. The summed E-state index contributed by atoms with van der Waals surface area (Å²) in [5.41, 5.74) is 9.27. The van der Waals surface area contributed by atoms with Crippen molar-refractivity contribution >= 4 is 22.9 Å². The van der Waals surface area contributed by atoms with E-state index in [1.807, 2.05) is 24.3 Å². The third kappa shape index (κ3) is 4.16. The average Bonchev–Trinajstić information content (AvgIpc) is 3.31. The Hall–Kier alpha value is -2.89. The van der Waals surface area contributed by atoms with Gasteiger partial charge in [-0.25, -0.2) is 5.48 Å². The van der Waals surface area contributed by atoms with Crippen LogP contribution >= 0.6 is 0 Å². The first-order chi connectivity index (χ1) is 13.7. The van der Waals surface area contributed by atoms with Gasteiger partial charge in [-0.15, -0.1) is 0 Å². The summed E-state index contributed by atoms with van der Waals surface area (Å²) in [6.07, 6.45) is 7.62. The smallest absolute Gasteiger partial charge is 0.267 e. The van der Waals surface area contributed by atoms with Crippen LogP contribution in [0, 0.1) is 0 Å². The number of carbonyl (C=O) groups is 1. The van der Waals surface area contributed by atoms with E-state index in [1.54, 1.807) is 11.6 Å². The summed E-state index contributed by atoms with van der Waals surface area (Å²) in [6, 6.07) is 14.8. The number of carbonyl (C=O) groups excluding carboxylic acids is 1. The first kappa shape index (κ1) is 18.5. The Morgan fingerprint density at radius 3 is 2.75 bits per heavy atom. The van der Waals surface area contributed by atoms with E-state index >= 15 is 0 Å². The Morgan fingerprint density at radius 1 is 1.11 bits per heavy atom. The highest BCUT2D eigenvalue weighted by Gasteiger charge is 2.16. The van der Waals surface area contributed by atoms with Crippen molar-refractivity contribution in [1.82, 2.24) is 15.8 Å². The summed E-state index contributed by atoms with van der Waals surface area (Å²) >= 11 is 0. The van der Waals surface area contributed by atoms with Crippen LogP contribution in [0.1, 0.15) is 34.4 Å². The topological polar surface area (TPSA) is 77.2 Å². The van der Waals surface area contributed by atoms with Crippen molar-refractivity contribution in [2.24, 2.45) is 0 Å². The fraction of sp³-hybridized carbons (Fsp3) is 0.261. The van der Waals surface area contributed by atoms with E-state index in [0.717, 1.165) is 25.1 Å². The standard InChI is InChI=1S/C23H25N3O2/c27-23(26-28)11-9-16-4-6-18(7-5-16)15-24-13-12-17-8-10-20-19-2-1-3-21(19)25-22(20)14-17/h4-11,14,24-25,28H,1-3,12-13,15H2,(H,26,27)/b11-9+. The molecule has 0 bridgehead atoms. The van der Waals surface area contributed by atoms with E-state index in [2.05, 4.69) is 28.5 Å². The zero-order valence-corrected chi connectivity index (χ0v) is 15.8. The summed E-state index contributed by atoms with van der Waals surface area (Å²) in [6.45, 7) is 1.73. The second-order valence-corrected chi connectivity index (χ2v) is 7.29. The molecule has 1 aliphatic carbocycles. The van der Waals surface area contributed by atoms with Gasteiger partial charge in [0.25, 0.3) is 5.91 Å². The molecular weight excluding hydrogens is 350 g/mol. The molecule has 144 valence electrons. The molecule has 0 fully saturated rings. The van der Waals surface area contributed by atoms with Crippen LogP contribution in [0.2, 0.25) is 0 Å². The van der Waals surface area contributed by atoms with E-state index in [0.29, 0.717) is 0 Å². The van der Waals surface area contributed by atoms with E-state index in [4.69, 9.17) is 5.21 Å². The van der Waals surface area contributed by atoms with Crippen LogP contribution in [0.15, 0.2) is 48.5 Å². The lowest BCUT2D eigenvalue weighted by molar-refractivity contribution is -0.124. The van der Waals surface area contributed by atoms with Crippen LogP contribution in [0.5, 0.6) is 0 Å². The maximum atomic E-state index is 11.0. The molecule has 0 spiro atoms. The molecule has 0 saturated heterocycles. The fourth-order valence-electron chi connectivity index (χ4n) is 3.88. The molecule has 1 amide bonds. The highest BCUT2D eigenvalue weighted by atomic mass is 16.5. The molecule has 1 aliphatic rings. The summed E-state index contributed by atoms with van der Waals surface area (Å²) in [5, 5.41) is 13.4. The van der Waals surface area contributed by atoms with E-state index in [-0.39, 0.29) is 0 Å². The van der Waals surface area contributed by atoms with Gasteiger partial charge in [0.2, 0.25) is 0 Å². The number of amides is 1. The van der Waals surface area contributed by atoms with Crippen LogP contribution in [-0.4, -0.2) is 22.6 Å². The molecule has 1 heterocycles. The predicted octanol–water partition coefficient (Wildman–Crippen LogP) is 3.51. The number of hydroxylamine groups is 1. The molecular formula is C23H25N3O2. The summed E-state index contributed by atoms with van der Waals surface area (Å²) < 4.78 is 0. The van der Waals surface area contributed by atoms with Crippen LogP contribution in [0.4, 0.5) is 0 Å². The second-order valence-electron chi connectivity index (χ2n) is 7.29. The Bertz CT molecular complexity index is 1000. The molecule has 5 heteroatoms. The van der Waals surface area contributed by atoms with E-state index in [1.165, 1.54) is 58.6 Å². The maximum absolute atomic E-state index is 11.0. The van der Waals surface area contributed by atoms with Crippen LogP contribution in [0.25, 0.3) is 17.0 Å². The largest absolute Gasteiger partial charge is 0.358 e. The lowest BCUT2D eigenvalue weighted by Crippen LogP contribution is -2.16.